The monoisotopic (exact) mass is 291 g/mol. The van der Waals surface area contributed by atoms with Gasteiger partial charge in [0, 0.05) is 38.7 Å². The van der Waals surface area contributed by atoms with Gasteiger partial charge in [-0.25, -0.2) is 0 Å². The molecule has 1 N–H and O–H groups in total. The zero-order valence-electron chi connectivity index (χ0n) is 11.7. The number of nitrogens with one attached hydrogen (secondary N) is 1. The number of hydrogen-bond acceptors (Lipinski definition) is 6. The third-order valence-corrected chi connectivity index (χ3v) is 2.93. The van der Waals surface area contributed by atoms with Gasteiger partial charge in [-0.3, -0.25) is 10.1 Å². The number of nitro benzene ring substituents is 1. The van der Waals surface area contributed by atoms with E-state index in [2.05, 4.69) is 15.5 Å². The normalized spacial score (nSPS) is 10.5. The molecular formula is C13H17N5O3. The summed E-state index contributed by atoms with van der Waals surface area (Å²) in [5, 5.41) is 21.5. The van der Waals surface area contributed by atoms with Crippen LogP contribution in [-0.4, -0.2) is 39.4 Å². The number of rotatable bonds is 8. The molecule has 1 aromatic carbocycles. The Hall–Kier alpha value is -2.48. The highest BCUT2D eigenvalue weighted by Gasteiger charge is 2.04. The van der Waals surface area contributed by atoms with Crippen LogP contribution in [0.5, 0.6) is 5.75 Å². The fraction of sp³-hybridized carbons (Fsp3) is 0.385. The number of aryl methyl sites for hydroxylation is 1. The van der Waals surface area contributed by atoms with Crippen molar-refractivity contribution < 1.29 is 9.66 Å². The summed E-state index contributed by atoms with van der Waals surface area (Å²) in [6.45, 7) is 1.97. The maximum Gasteiger partial charge on any atom is 0.269 e. The van der Waals surface area contributed by atoms with Gasteiger partial charge in [0.15, 0.2) is 0 Å². The third-order valence-electron chi connectivity index (χ3n) is 2.93. The van der Waals surface area contributed by atoms with E-state index in [1.807, 2.05) is 11.6 Å². The zero-order chi connectivity index (χ0) is 15.1. The summed E-state index contributed by atoms with van der Waals surface area (Å²) in [7, 11) is 1.91. The quantitative estimate of drug-likeness (QED) is 0.442. The van der Waals surface area contributed by atoms with Gasteiger partial charge >= 0.3 is 0 Å². The van der Waals surface area contributed by atoms with Gasteiger partial charge in [0.25, 0.3) is 5.69 Å². The molecule has 0 atom stereocenters. The van der Waals surface area contributed by atoms with Crippen LogP contribution >= 0.6 is 0 Å². The number of ether oxygens (including phenoxy) is 1. The molecule has 112 valence electrons. The first-order valence-corrected chi connectivity index (χ1v) is 6.57. The van der Waals surface area contributed by atoms with Gasteiger partial charge < -0.3 is 14.6 Å². The second kappa shape index (κ2) is 7.34. The number of hydrogen-bond donors (Lipinski definition) is 1. The van der Waals surface area contributed by atoms with E-state index < -0.39 is 4.92 Å². The number of benzene rings is 1. The van der Waals surface area contributed by atoms with E-state index in [1.165, 1.54) is 12.1 Å². The number of nitro groups is 1. The number of non-ortho nitro benzene ring substituents is 1. The van der Waals surface area contributed by atoms with E-state index in [0.717, 1.165) is 18.8 Å². The largest absolute Gasteiger partial charge is 0.492 e. The second-order valence-electron chi connectivity index (χ2n) is 4.46. The zero-order valence-corrected chi connectivity index (χ0v) is 11.7. The Balaban J connectivity index is 1.61. The molecule has 0 saturated heterocycles. The Labute approximate surface area is 121 Å². The van der Waals surface area contributed by atoms with E-state index in [9.17, 15) is 10.1 Å². The van der Waals surface area contributed by atoms with Crippen molar-refractivity contribution in [2.75, 3.05) is 19.7 Å². The molecule has 2 aromatic rings. The summed E-state index contributed by atoms with van der Waals surface area (Å²) in [5.74, 6) is 1.55. The molecule has 0 aliphatic rings. The van der Waals surface area contributed by atoms with Crippen molar-refractivity contribution >= 4 is 5.69 Å². The van der Waals surface area contributed by atoms with E-state index >= 15 is 0 Å². The van der Waals surface area contributed by atoms with Crippen LogP contribution in [0.15, 0.2) is 30.6 Å². The Bertz CT molecular complexity index is 582. The van der Waals surface area contributed by atoms with Crippen molar-refractivity contribution in [3.05, 3.63) is 46.5 Å². The minimum absolute atomic E-state index is 0.0594. The van der Waals surface area contributed by atoms with Gasteiger partial charge in [-0.05, 0) is 12.1 Å². The standard InChI is InChI=1S/C13H17N5O3/c1-17-10-15-16-13(17)6-7-14-8-9-21-12-4-2-11(3-5-12)18(19)20/h2-5,10,14H,6-9H2,1H3. The molecule has 0 aliphatic carbocycles. The maximum atomic E-state index is 10.5. The van der Waals surface area contributed by atoms with Crippen molar-refractivity contribution in [2.45, 2.75) is 6.42 Å². The molecule has 21 heavy (non-hydrogen) atoms. The number of aromatic nitrogens is 3. The predicted molar refractivity (Wildman–Crippen MR) is 76.2 cm³/mol. The lowest BCUT2D eigenvalue weighted by atomic mass is 10.3. The highest BCUT2D eigenvalue weighted by molar-refractivity contribution is 5.35. The average molecular weight is 291 g/mol. The minimum Gasteiger partial charge on any atom is -0.492 e. The fourth-order valence-corrected chi connectivity index (χ4v) is 1.76. The molecule has 0 amide bonds. The van der Waals surface area contributed by atoms with Crippen molar-refractivity contribution in [2.24, 2.45) is 7.05 Å². The Morgan fingerprint density at radius 1 is 1.33 bits per heavy atom. The molecule has 0 fully saturated rings. The summed E-state index contributed by atoms with van der Waals surface area (Å²) in [4.78, 5) is 10.1. The Morgan fingerprint density at radius 3 is 2.71 bits per heavy atom. The van der Waals surface area contributed by atoms with E-state index in [0.29, 0.717) is 18.9 Å². The summed E-state index contributed by atoms with van der Waals surface area (Å²) in [6, 6.07) is 6.04. The lowest BCUT2D eigenvalue weighted by molar-refractivity contribution is -0.384. The van der Waals surface area contributed by atoms with Crippen LogP contribution in [-0.2, 0) is 13.5 Å². The molecule has 0 unspecified atom stereocenters. The first kappa shape index (κ1) is 14.9. The van der Waals surface area contributed by atoms with Gasteiger partial charge in [0.2, 0.25) is 0 Å². The minimum atomic E-state index is -0.433. The van der Waals surface area contributed by atoms with Gasteiger partial charge in [0.1, 0.15) is 24.5 Å². The molecule has 0 bridgehead atoms. The lowest BCUT2D eigenvalue weighted by Crippen LogP contribution is -2.24. The summed E-state index contributed by atoms with van der Waals surface area (Å²) < 4.78 is 7.37. The molecule has 0 radical (unpaired) electrons. The molecule has 8 heteroatoms. The van der Waals surface area contributed by atoms with Crippen LogP contribution in [0, 0.1) is 10.1 Å². The Morgan fingerprint density at radius 2 is 2.10 bits per heavy atom. The topological polar surface area (TPSA) is 95.1 Å². The van der Waals surface area contributed by atoms with E-state index in [4.69, 9.17) is 4.74 Å². The van der Waals surface area contributed by atoms with E-state index in [-0.39, 0.29) is 5.69 Å². The summed E-state index contributed by atoms with van der Waals surface area (Å²) >= 11 is 0. The van der Waals surface area contributed by atoms with Crippen LogP contribution in [0.1, 0.15) is 5.82 Å². The van der Waals surface area contributed by atoms with E-state index in [1.54, 1.807) is 18.5 Å². The van der Waals surface area contributed by atoms with Crippen LogP contribution in [0.3, 0.4) is 0 Å². The van der Waals surface area contributed by atoms with Crippen molar-refractivity contribution in [3.8, 4) is 5.75 Å². The molecule has 0 saturated carbocycles. The first-order chi connectivity index (χ1) is 10.2. The smallest absolute Gasteiger partial charge is 0.269 e. The van der Waals surface area contributed by atoms with Crippen LogP contribution in [0.2, 0.25) is 0 Å². The SMILES string of the molecule is Cn1cnnc1CCNCCOc1ccc([N+](=O)[O-])cc1. The third kappa shape index (κ3) is 4.53. The predicted octanol–water partition coefficient (Wildman–Crippen LogP) is 0.934. The summed E-state index contributed by atoms with van der Waals surface area (Å²) in [5.41, 5.74) is 0.0594. The van der Waals surface area contributed by atoms with Gasteiger partial charge in [-0.2, -0.15) is 0 Å². The molecule has 1 heterocycles. The molecule has 8 nitrogen and oxygen atoms in total. The van der Waals surface area contributed by atoms with Crippen LogP contribution in [0.25, 0.3) is 0 Å². The van der Waals surface area contributed by atoms with Crippen molar-refractivity contribution in [1.82, 2.24) is 20.1 Å². The first-order valence-electron chi connectivity index (χ1n) is 6.57. The second-order valence-corrected chi connectivity index (χ2v) is 4.46. The van der Waals surface area contributed by atoms with Gasteiger partial charge in [0.05, 0.1) is 4.92 Å². The molecule has 0 aliphatic heterocycles. The average Bonchev–Trinajstić information content (AvgIpc) is 2.88. The Kier molecular flexibility index (Phi) is 5.22. The van der Waals surface area contributed by atoms with Crippen molar-refractivity contribution in [3.63, 3.8) is 0 Å². The highest BCUT2D eigenvalue weighted by Crippen LogP contribution is 2.16. The fourth-order valence-electron chi connectivity index (χ4n) is 1.76. The van der Waals surface area contributed by atoms with Gasteiger partial charge in [-0.15, -0.1) is 10.2 Å². The van der Waals surface area contributed by atoms with Crippen LogP contribution < -0.4 is 10.1 Å². The molecule has 1 aromatic heterocycles. The van der Waals surface area contributed by atoms with Crippen LogP contribution in [0.4, 0.5) is 5.69 Å². The lowest BCUT2D eigenvalue weighted by Gasteiger charge is -2.07. The maximum absolute atomic E-state index is 10.5. The van der Waals surface area contributed by atoms with Crippen molar-refractivity contribution in [1.29, 1.82) is 0 Å². The molecule has 0 spiro atoms. The number of nitrogens with zero attached hydrogens (tertiary/aromatic N) is 4. The molecular weight excluding hydrogens is 274 g/mol. The molecule has 2 rings (SSSR count). The van der Waals surface area contributed by atoms with Gasteiger partial charge in [-0.1, -0.05) is 0 Å². The highest BCUT2D eigenvalue weighted by atomic mass is 16.6. The summed E-state index contributed by atoms with van der Waals surface area (Å²) in [6.07, 6.45) is 2.47.